The Morgan fingerprint density at radius 2 is 1.88 bits per heavy atom. The molecule has 1 nitrogen and oxygen atoms in total. The molecule has 0 aliphatic carbocycles. The van der Waals surface area contributed by atoms with E-state index in [9.17, 15) is 4.79 Å². The fourth-order valence-corrected chi connectivity index (χ4v) is 4.66. The molecule has 1 aromatic carbocycles. The molecule has 1 saturated heterocycles. The number of hydrogen-bond donors (Lipinski definition) is 0. The van der Waals surface area contributed by atoms with Crippen molar-refractivity contribution < 1.29 is 4.79 Å². The molecule has 0 saturated carbocycles. The standard InChI is InChI=1S/C12H13BrOS2/c13-10-4-2-9(3-5-10)11(14)8-12-15-6-1-7-16-12/h2-5,12H,1,6-8H2. The lowest BCUT2D eigenvalue weighted by atomic mass is 10.1. The number of hydrogen-bond acceptors (Lipinski definition) is 3. The highest BCUT2D eigenvalue weighted by molar-refractivity contribution is 9.10. The Morgan fingerprint density at radius 3 is 2.50 bits per heavy atom. The van der Waals surface area contributed by atoms with Crippen LogP contribution in [0.25, 0.3) is 0 Å². The van der Waals surface area contributed by atoms with Crippen molar-refractivity contribution in [3.8, 4) is 0 Å². The Labute approximate surface area is 113 Å². The molecule has 0 unspecified atom stereocenters. The normalized spacial score (nSPS) is 17.3. The zero-order chi connectivity index (χ0) is 11.4. The highest BCUT2D eigenvalue weighted by atomic mass is 79.9. The van der Waals surface area contributed by atoms with Crippen LogP contribution in [0.5, 0.6) is 0 Å². The molecule has 1 fully saturated rings. The van der Waals surface area contributed by atoms with E-state index in [1.807, 2.05) is 47.8 Å². The van der Waals surface area contributed by atoms with Gasteiger partial charge in [0.2, 0.25) is 0 Å². The smallest absolute Gasteiger partial charge is 0.164 e. The van der Waals surface area contributed by atoms with Crippen molar-refractivity contribution in [2.45, 2.75) is 17.4 Å². The highest BCUT2D eigenvalue weighted by Crippen LogP contribution is 2.33. The molecule has 0 aromatic heterocycles. The SMILES string of the molecule is O=C(CC1SCCCS1)c1ccc(Br)cc1. The van der Waals surface area contributed by atoms with E-state index in [4.69, 9.17) is 0 Å². The van der Waals surface area contributed by atoms with E-state index in [1.165, 1.54) is 17.9 Å². The van der Waals surface area contributed by atoms with Gasteiger partial charge in [0, 0.05) is 16.5 Å². The van der Waals surface area contributed by atoms with E-state index in [2.05, 4.69) is 15.9 Å². The quantitative estimate of drug-likeness (QED) is 0.777. The Bertz CT molecular complexity index is 358. The molecule has 0 amide bonds. The molecule has 0 N–H and O–H groups in total. The second-order valence-electron chi connectivity index (χ2n) is 3.66. The fourth-order valence-electron chi connectivity index (χ4n) is 1.56. The second kappa shape index (κ2) is 6.12. The molecule has 1 aliphatic rings. The molecule has 1 aliphatic heterocycles. The first kappa shape index (κ1) is 12.5. The van der Waals surface area contributed by atoms with Crippen LogP contribution in [-0.2, 0) is 0 Å². The van der Waals surface area contributed by atoms with Gasteiger partial charge in [0.05, 0.1) is 4.58 Å². The van der Waals surface area contributed by atoms with Crippen LogP contribution in [0.1, 0.15) is 23.2 Å². The van der Waals surface area contributed by atoms with Gasteiger partial charge in [0.1, 0.15) is 0 Å². The third-order valence-corrected chi connectivity index (χ3v) is 5.89. The predicted molar refractivity (Wildman–Crippen MR) is 76.4 cm³/mol. The van der Waals surface area contributed by atoms with Crippen LogP contribution in [0.2, 0.25) is 0 Å². The summed E-state index contributed by atoms with van der Waals surface area (Å²) in [6.45, 7) is 0. The summed E-state index contributed by atoms with van der Waals surface area (Å²) in [6, 6.07) is 7.64. The minimum Gasteiger partial charge on any atom is -0.294 e. The Balaban J connectivity index is 1.94. The monoisotopic (exact) mass is 316 g/mol. The minimum absolute atomic E-state index is 0.263. The van der Waals surface area contributed by atoms with Crippen molar-refractivity contribution in [1.29, 1.82) is 0 Å². The molecule has 0 radical (unpaired) electrons. The van der Waals surface area contributed by atoms with Crippen molar-refractivity contribution in [3.05, 3.63) is 34.3 Å². The molecule has 1 aromatic rings. The Morgan fingerprint density at radius 1 is 1.25 bits per heavy atom. The van der Waals surface area contributed by atoms with Crippen LogP contribution >= 0.6 is 39.5 Å². The average molecular weight is 317 g/mol. The first-order valence-corrected chi connectivity index (χ1v) is 8.17. The van der Waals surface area contributed by atoms with Gasteiger partial charge in [-0.2, -0.15) is 0 Å². The maximum absolute atomic E-state index is 12.0. The van der Waals surface area contributed by atoms with Gasteiger partial charge in [-0.3, -0.25) is 4.79 Å². The van der Waals surface area contributed by atoms with Crippen LogP contribution < -0.4 is 0 Å². The lowest BCUT2D eigenvalue weighted by Crippen LogP contribution is -2.12. The third-order valence-electron chi connectivity index (χ3n) is 2.41. The van der Waals surface area contributed by atoms with Crippen molar-refractivity contribution >= 4 is 45.2 Å². The summed E-state index contributed by atoms with van der Waals surface area (Å²) in [5.74, 6) is 2.66. The van der Waals surface area contributed by atoms with Crippen LogP contribution in [0.15, 0.2) is 28.7 Å². The second-order valence-corrected chi connectivity index (χ2v) is 7.49. The number of carbonyl (C=O) groups is 1. The minimum atomic E-state index is 0.263. The largest absolute Gasteiger partial charge is 0.294 e. The Hall–Kier alpha value is 0.0700. The summed E-state index contributed by atoms with van der Waals surface area (Å²) < 4.78 is 1.48. The summed E-state index contributed by atoms with van der Waals surface area (Å²) >= 11 is 7.22. The van der Waals surface area contributed by atoms with E-state index in [1.54, 1.807) is 0 Å². The van der Waals surface area contributed by atoms with E-state index in [-0.39, 0.29) is 5.78 Å². The van der Waals surface area contributed by atoms with Crippen molar-refractivity contribution in [2.75, 3.05) is 11.5 Å². The summed E-state index contributed by atoms with van der Waals surface area (Å²) in [4.78, 5) is 12.0. The number of Topliss-reactive ketones (excluding diaryl/α,β-unsaturated/α-hetero) is 1. The average Bonchev–Trinajstić information content (AvgIpc) is 2.31. The summed E-state index contributed by atoms with van der Waals surface area (Å²) in [6.07, 6.45) is 1.94. The van der Waals surface area contributed by atoms with Crippen molar-refractivity contribution in [1.82, 2.24) is 0 Å². The van der Waals surface area contributed by atoms with Gasteiger partial charge in [-0.05, 0) is 30.1 Å². The molecule has 0 atom stereocenters. The lowest BCUT2D eigenvalue weighted by molar-refractivity contribution is 0.0987. The van der Waals surface area contributed by atoms with Gasteiger partial charge in [-0.1, -0.05) is 28.1 Å². The first-order valence-electron chi connectivity index (χ1n) is 5.28. The van der Waals surface area contributed by atoms with Crippen LogP contribution in [0.3, 0.4) is 0 Å². The van der Waals surface area contributed by atoms with E-state index < -0.39 is 0 Å². The van der Waals surface area contributed by atoms with Gasteiger partial charge >= 0.3 is 0 Å². The maximum atomic E-state index is 12.0. The topological polar surface area (TPSA) is 17.1 Å². The third kappa shape index (κ3) is 3.54. The van der Waals surface area contributed by atoms with Gasteiger partial charge < -0.3 is 0 Å². The molecule has 86 valence electrons. The fraction of sp³-hybridized carbons (Fsp3) is 0.417. The van der Waals surface area contributed by atoms with Gasteiger partial charge in [0.25, 0.3) is 0 Å². The van der Waals surface area contributed by atoms with Crippen LogP contribution in [0, 0.1) is 0 Å². The molecular formula is C12H13BrOS2. The number of ketones is 1. The van der Waals surface area contributed by atoms with Gasteiger partial charge in [-0.15, -0.1) is 23.5 Å². The molecule has 2 rings (SSSR count). The van der Waals surface area contributed by atoms with Crippen molar-refractivity contribution in [2.24, 2.45) is 0 Å². The summed E-state index contributed by atoms with van der Waals surface area (Å²) in [7, 11) is 0. The maximum Gasteiger partial charge on any atom is 0.164 e. The van der Waals surface area contributed by atoms with Gasteiger partial charge in [-0.25, -0.2) is 0 Å². The first-order chi connectivity index (χ1) is 7.75. The molecule has 1 heterocycles. The lowest BCUT2D eigenvalue weighted by Gasteiger charge is -2.19. The van der Waals surface area contributed by atoms with E-state index >= 15 is 0 Å². The number of benzene rings is 1. The molecule has 16 heavy (non-hydrogen) atoms. The number of carbonyl (C=O) groups excluding carboxylic acids is 1. The molecular weight excluding hydrogens is 304 g/mol. The summed E-state index contributed by atoms with van der Waals surface area (Å²) in [5.41, 5.74) is 0.829. The van der Waals surface area contributed by atoms with Crippen LogP contribution in [-0.4, -0.2) is 21.9 Å². The summed E-state index contributed by atoms with van der Waals surface area (Å²) in [5, 5.41) is 0. The number of halogens is 1. The number of rotatable bonds is 3. The highest BCUT2D eigenvalue weighted by Gasteiger charge is 2.18. The molecule has 0 bridgehead atoms. The van der Waals surface area contributed by atoms with E-state index in [0.717, 1.165) is 10.0 Å². The zero-order valence-corrected chi connectivity index (χ0v) is 12.0. The predicted octanol–water partition coefficient (Wildman–Crippen LogP) is 4.22. The molecule has 0 spiro atoms. The van der Waals surface area contributed by atoms with Crippen LogP contribution in [0.4, 0.5) is 0 Å². The van der Waals surface area contributed by atoms with Gasteiger partial charge in [0.15, 0.2) is 5.78 Å². The Kier molecular flexibility index (Phi) is 4.79. The number of thioether (sulfide) groups is 2. The molecule has 4 heteroatoms. The van der Waals surface area contributed by atoms with E-state index in [0.29, 0.717) is 11.0 Å². The zero-order valence-electron chi connectivity index (χ0n) is 8.82. The van der Waals surface area contributed by atoms with Crippen molar-refractivity contribution in [3.63, 3.8) is 0 Å².